The Morgan fingerprint density at radius 2 is 2.33 bits per heavy atom. The zero-order valence-electron chi connectivity index (χ0n) is 6.86. The average molecular weight is 164 g/mol. The summed E-state index contributed by atoms with van der Waals surface area (Å²) in [4.78, 5) is 0. The Balaban J connectivity index is 2.66. The van der Waals surface area contributed by atoms with Gasteiger partial charge in [0.15, 0.2) is 0 Å². The van der Waals surface area contributed by atoms with Gasteiger partial charge in [-0.2, -0.15) is 0 Å². The van der Waals surface area contributed by atoms with Gasteiger partial charge in [0.25, 0.3) is 0 Å². The van der Waals surface area contributed by atoms with Gasteiger partial charge in [0.2, 0.25) is 0 Å². The van der Waals surface area contributed by atoms with Crippen LogP contribution in [0.3, 0.4) is 0 Å². The molecule has 0 spiro atoms. The Labute approximate surface area is 72.1 Å². The van der Waals surface area contributed by atoms with Gasteiger partial charge in [-0.15, -0.1) is 0 Å². The van der Waals surface area contributed by atoms with Crippen LogP contribution >= 0.6 is 0 Å². The summed E-state index contributed by atoms with van der Waals surface area (Å²) >= 11 is 0. The lowest BCUT2D eigenvalue weighted by atomic mass is 10.2. The molecule has 64 valence electrons. The normalized spacial score (nSPS) is 9.42. The molecule has 1 N–H and O–H groups in total. The van der Waals surface area contributed by atoms with Crippen molar-refractivity contribution in [2.24, 2.45) is 0 Å². The van der Waals surface area contributed by atoms with Crippen LogP contribution in [0.4, 0.5) is 0 Å². The fourth-order valence-electron chi connectivity index (χ4n) is 0.895. The predicted molar refractivity (Wildman–Crippen MR) is 49.1 cm³/mol. The molecule has 0 aliphatic carbocycles. The van der Waals surface area contributed by atoms with Crippen molar-refractivity contribution in [1.82, 2.24) is 0 Å². The lowest BCUT2D eigenvalue weighted by Crippen LogP contribution is -2.01. The fraction of sp³-hybridized carbons (Fsp3) is 0.200. The summed E-state index contributed by atoms with van der Waals surface area (Å²) in [6.45, 7) is 4.02. The number of hydrogen-bond acceptors (Lipinski definition) is 2. The van der Waals surface area contributed by atoms with E-state index in [0.29, 0.717) is 6.61 Å². The highest BCUT2D eigenvalue weighted by Crippen LogP contribution is 2.13. The van der Waals surface area contributed by atoms with Crippen molar-refractivity contribution in [3.63, 3.8) is 0 Å². The molecule has 1 aromatic carbocycles. The van der Waals surface area contributed by atoms with E-state index in [2.05, 4.69) is 6.58 Å². The SMILES string of the molecule is C=Cc1cccc(OCCO)c1. The molecule has 12 heavy (non-hydrogen) atoms. The van der Waals surface area contributed by atoms with Crippen molar-refractivity contribution in [3.05, 3.63) is 36.4 Å². The predicted octanol–water partition coefficient (Wildman–Crippen LogP) is 1.70. The molecule has 0 saturated carbocycles. The van der Waals surface area contributed by atoms with Crippen molar-refractivity contribution in [1.29, 1.82) is 0 Å². The summed E-state index contributed by atoms with van der Waals surface area (Å²) in [7, 11) is 0. The second-order valence-corrected chi connectivity index (χ2v) is 2.35. The molecule has 0 aromatic heterocycles. The number of benzene rings is 1. The lowest BCUT2D eigenvalue weighted by molar-refractivity contribution is 0.201. The van der Waals surface area contributed by atoms with Gasteiger partial charge >= 0.3 is 0 Å². The molecule has 1 rings (SSSR count). The van der Waals surface area contributed by atoms with Crippen LogP contribution in [0.15, 0.2) is 30.8 Å². The van der Waals surface area contributed by atoms with Gasteiger partial charge in [-0.05, 0) is 17.7 Å². The zero-order chi connectivity index (χ0) is 8.81. The maximum atomic E-state index is 8.51. The van der Waals surface area contributed by atoms with Crippen molar-refractivity contribution in [2.75, 3.05) is 13.2 Å². The smallest absolute Gasteiger partial charge is 0.120 e. The Bertz CT molecular complexity index is 256. The van der Waals surface area contributed by atoms with Gasteiger partial charge in [0.05, 0.1) is 6.61 Å². The third-order valence-electron chi connectivity index (χ3n) is 1.45. The van der Waals surface area contributed by atoms with Crippen molar-refractivity contribution >= 4 is 6.08 Å². The molecular weight excluding hydrogens is 152 g/mol. The second kappa shape index (κ2) is 4.57. The van der Waals surface area contributed by atoms with Crippen LogP contribution < -0.4 is 4.74 Å². The summed E-state index contributed by atoms with van der Waals surface area (Å²) in [5, 5.41) is 8.51. The Morgan fingerprint density at radius 3 is 3.00 bits per heavy atom. The van der Waals surface area contributed by atoms with Crippen LogP contribution in [0.25, 0.3) is 6.08 Å². The van der Waals surface area contributed by atoms with Crippen molar-refractivity contribution in [2.45, 2.75) is 0 Å². The van der Waals surface area contributed by atoms with E-state index in [1.165, 1.54) is 0 Å². The molecule has 0 atom stereocenters. The van der Waals surface area contributed by atoms with Gasteiger partial charge in [-0.3, -0.25) is 0 Å². The van der Waals surface area contributed by atoms with Crippen LogP contribution in [0, 0.1) is 0 Å². The van der Waals surface area contributed by atoms with Gasteiger partial charge in [0.1, 0.15) is 12.4 Å². The summed E-state index contributed by atoms with van der Waals surface area (Å²) in [5.74, 6) is 0.765. The number of aliphatic hydroxyl groups is 1. The Hall–Kier alpha value is -1.28. The fourth-order valence-corrected chi connectivity index (χ4v) is 0.895. The largest absolute Gasteiger partial charge is 0.491 e. The van der Waals surface area contributed by atoms with E-state index in [-0.39, 0.29) is 6.61 Å². The highest BCUT2D eigenvalue weighted by Gasteiger charge is 1.92. The standard InChI is InChI=1S/C10H12O2/c1-2-9-4-3-5-10(8-9)12-7-6-11/h2-5,8,11H,1,6-7H2. The van der Waals surface area contributed by atoms with E-state index in [1.807, 2.05) is 24.3 Å². The van der Waals surface area contributed by atoms with Crippen LogP contribution in [-0.2, 0) is 0 Å². The first-order chi connectivity index (χ1) is 5.86. The third-order valence-corrected chi connectivity index (χ3v) is 1.45. The van der Waals surface area contributed by atoms with Crippen LogP contribution in [0.5, 0.6) is 5.75 Å². The van der Waals surface area contributed by atoms with Crippen molar-refractivity contribution < 1.29 is 9.84 Å². The topological polar surface area (TPSA) is 29.5 Å². The molecule has 0 unspecified atom stereocenters. The maximum Gasteiger partial charge on any atom is 0.120 e. The Kier molecular flexibility index (Phi) is 3.35. The van der Waals surface area contributed by atoms with Crippen LogP contribution in [0.1, 0.15) is 5.56 Å². The molecule has 0 radical (unpaired) electrons. The number of ether oxygens (including phenoxy) is 1. The second-order valence-electron chi connectivity index (χ2n) is 2.35. The minimum absolute atomic E-state index is 0.0400. The summed E-state index contributed by atoms with van der Waals surface area (Å²) in [5.41, 5.74) is 1.02. The summed E-state index contributed by atoms with van der Waals surface area (Å²) in [6.07, 6.45) is 1.76. The first-order valence-electron chi connectivity index (χ1n) is 3.83. The summed E-state index contributed by atoms with van der Waals surface area (Å²) in [6, 6.07) is 7.56. The first kappa shape index (κ1) is 8.81. The monoisotopic (exact) mass is 164 g/mol. The molecule has 0 amide bonds. The highest BCUT2D eigenvalue weighted by atomic mass is 16.5. The Morgan fingerprint density at radius 1 is 1.50 bits per heavy atom. The molecule has 0 heterocycles. The number of hydrogen-bond donors (Lipinski definition) is 1. The molecule has 0 fully saturated rings. The average Bonchev–Trinajstić information content (AvgIpc) is 2.15. The van der Waals surface area contributed by atoms with E-state index in [0.717, 1.165) is 11.3 Å². The molecule has 0 saturated heterocycles. The highest BCUT2D eigenvalue weighted by molar-refractivity contribution is 5.49. The van der Waals surface area contributed by atoms with Crippen LogP contribution in [0.2, 0.25) is 0 Å². The van der Waals surface area contributed by atoms with Gasteiger partial charge in [0, 0.05) is 0 Å². The molecule has 0 bridgehead atoms. The van der Waals surface area contributed by atoms with E-state index < -0.39 is 0 Å². The first-order valence-corrected chi connectivity index (χ1v) is 3.83. The van der Waals surface area contributed by atoms with E-state index in [1.54, 1.807) is 6.08 Å². The lowest BCUT2D eigenvalue weighted by Gasteiger charge is -2.03. The van der Waals surface area contributed by atoms with Crippen LogP contribution in [-0.4, -0.2) is 18.3 Å². The van der Waals surface area contributed by atoms with Gasteiger partial charge in [-0.25, -0.2) is 0 Å². The quantitative estimate of drug-likeness (QED) is 0.734. The molecular formula is C10H12O2. The molecule has 0 aliphatic heterocycles. The van der Waals surface area contributed by atoms with E-state index in [9.17, 15) is 0 Å². The number of aliphatic hydroxyl groups excluding tert-OH is 1. The third kappa shape index (κ3) is 2.40. The number of rotatable bonds is 4. The van der Waals surface area contributed by atoms with E-state index >= 15 is 0 Å². The minimum Gasteiger partial charge on any atom is -0.491 e. The molecule has 1 aromatic rings. The molecule has 0 aliphatic rings. The van der Waals surface area contributed by atoms with Crippen molar-refractivity contribution in [3.8, 4) is 5.75 Å². The molecule has 2 nitrogen and oxygen atoms in total. The van der Waals surface area contributed by atoms with E-state index in [4.69, 9.17) is 9.84 Å². The van der Waals surface area contributed by atoms with Gasteiger partial charge < -0.3 is 9.84 Å². The van der Waals surface area contributed by atoms with Gasteiger partial charge in [-0.1, -0.05) is 24.8 Å². The summed E-state index contributed by atoms with van der Waals surface area (Å²) < 4.78 is 5.20. The maximum absolute atomic E-state index is 8.51. The zero-order valence-corrected chi connectivity index (χ0v) is 6.86. The molecule has 2 heteroatoms. The minimum atomic E-state index is 0.0400.